The number of hydrogen-bond acceptors (Lipinski definition) is 2. The van der Waals surface area contributed by atoms with Gasteiger partial charge in [0.05, 0.1) is 6.61 Å². The van der Waals surface area contributed by atoms with Crippen molar-refractivity contribution in [3.63, 3.8) is 0 Å². The van der Waals surface area contributed by atoms with Crippen molar-refractivity contribution in [3.8, 4) is 0 Å². The van der Waals surface area contributed by atoms with Crippen LogP contribution in [0.4, 0.5) is 0 Å². The average Bonchev–Trinajstić information content (AvgIpc) is 2.81. The molecule has 20 heavy (non-hydrogen) atoms. The van der Waals surface area contributed by atoms with E-state index in [-0.39, 0.29) is 6.61 Å². The molecule has 0 saturated carbocycles. The van der Waals surface area contributed by atoms with Gasteiger partial charge in [0.1, 0.15) is 0 Å². The lowest BCUT2D eigenvalue weighted by molar-refractivity contribution is 0.280. The molecule has 1 aliphatic carbocycles. The predicted molar refractivity (Wildman–Crippen MR) is 81.3 cm³/mol. The highest BCUT2D eigenvalue weighted by Gasteiger charge is 2.28. The van der Waals surface area contributed by atoms with Crippen LogP contribution in [0.1, 0.15) is 35.2 Å². The summed E-state index contributed by atoms with van der Waals surface area (Å²) in [6.07, 6.45) is 1.15. The first-order valence-electron chi connectivity index (χ1n) is 7.28. The van der Waals surface area contributed by atoms with Gasteiger partial charge < -0.3 is 10.4 Å². The fourth-order valence-corrected chi connectivity index (χ4v) is 3.21. The second-order valence-electron chi connectivity index (χ2n) is 5.67. The van der Waals surface area contributed by atoms with E-state index >= 15 is 0 Å². The summed E-state index contributed by atoms with van der Waals surface area (Å²) < 4.78 is 0. The van der Waals surface area contributed by atoms with Crippen LogP contribution in [0.25, 0.3) is 0 Å². The Morgan fingerprint density at radius 3 is 2.55 bits per heavy atom. The Hall–Kier alpha value is -1.64. The molecule has 2 nitrogen and oxygen atoms in total. The SMILES string of the molecule is CC1Cc2ccccc2C1NCc1ccccc1CO. The van der Waals surface area contributed by atoms with Gasteiger partial charge in [-0.15, -0.1) is 0 Å². The van der Waals surface area contributed by atoms with E-state index in [9.17, 15) is 5.11 Å². The van der Waals surface area contributed by atoms with Crippen LogP contribution in [0.2, 0.25) is 0 Å². The molecule has 2 unspecified atom stereocenters. The van der Waals surface area contributed by atoms with Crippen LogP contribution in [0.5, 0.6) is 0 Å². The van der Waals surface area contributed by atoms with E-state index in [2.05, 4.69) is 42.6 Å². The Kier molecular flexibility index (Phi) is 3.86. The van der Waals surface area contributed by atoms with Gasteiger partial charge in [-0.3, -0.25) is 0 Å². The maximum absolute atomic E-state index is 9.39. The smallest absolute Gasteiger partial charge is 0.0685 e. The van der Waals surface area contributed by atoms with E-state index in [0.29, 0.717) is 12.0 Å². The molecule has 2 aromatic carbocycles. The summed E-state index contributed by atoms with van der Waals surface area (Å²) in [6, 6.07) is 17.2. The maximum Gasteiger partial charge on any atom is 0.0685 e. The summed E-state index contributed by atoms with van der Waals surface area (Å²) in [5.41, 5.74) is 5.10. The Bertz CT molecular complexity index is 593. The molecule has 0 radical (unpaired) electrons. The number of benzene rings is 2. The number of aliphatic hydroxyl groups excluding tert-OH is 1. The number of rotatable bonds is 4. The van der Waals surface area contributed by atoms with E-state index in [1.54, 1.807) is 0 Å². The molecule has 0 saturated heterocycles. The minimum atomic E-state index is 0.106. The standard InChI is InChI=1S/C18H21NO/c1-13-10-14-6-4-5-9-17(14)18(13)19-11-15-7-2-3-8-16(15)12-20/h2-9,13,18-20H,10-12H2,1H3. The lowest BCUT2D eigenvalue weighted by Crippen LogP contribution is -2.24. The zero-order valence-corrected chi connectivity index (χ0v) is 11.8. The number of hydrogen-bond donors (Lipinski definition) is 2. The number of nitrogens with one attached hydrogen (secondary N) is 1. The van der Waals surface area contributed by atoms with Crippen LogP contribution in [0.3, 0.4) is 0 Å². The van der Waals surface area contributed by atoms with Crippen LogP contribution in [-0.4, -0.2) is 5.11 Å². The highest BCUT2D eigenvalue weighted by molar-refractivity contribution is 5.36. The summed E-state index contributed by atoms with van der Waals surface area (Å²) in [5, 5.41) is 13.1. The lowest BCUT2D eigenvalue weighted by atomic mass is 10.0. The van der Waals surface area contributed by atoms with E-state index in [0.717, 1.165) is 18.5 Å². The monoisotopic (exact) mass is 267 g/mol. The van der Waals surface area contributed by atoms with Gasteiger partial charge in [0.2, 0.25) is 0 Å². The summed E-state index contributed by atoms with van der Waals surface area (Å²) in [5.74, 6) is 0.619. The third-order valence-electron chi connectivity index (χ3n) is 4.30. The highest BCUT2D eigenvalue weighted by Crippen LogP contribution is 2.35. The molecule has 0 heterocycles. The van der Waals surface area contributed by atoms with Gasteiger partial charge in [-0.2, -0.15) is 0 Å². The van der Waals surface area contributed by atoms with Crippen molar-refractivity contribution in [1.82, 2.24) is 5.32 Å². The maximum atomic E-state index is 9.39. The minimum Gasteiger partial charge on any atom is -0.392 e. The molecule has 2 N–H and O–H groups in total. The van der Waals surface area contributed by atoms with Crippen molar-refractivity contribution in [2.24, 2.45) is 5.92 Å². The number of fused-ring (bicyclic) bond motifs is 1. The zero-order chi connectivity index (χ0) is 13.9. The zero-order valence-electron chi connectivity index (χ0n) is 11.8. The molecule has 0 amide bonds. The first-order valence-corrected chi connectivity index (χ1v) is 7.28. The van der Waals surface area contributed by atoms with Crippen LogP contribution >= 0.6 is 0 Å². The molecule has 0 fully saturated rings. The first kappa shape index (κ1) is 13.3. The molecular weight excluding hydrogens is 246 g/mol. The summed E-state index contributed by atoms with van der Waals surface area (Å²) in [6.45, 7) is 3.21. The average molecular weight is 267 g/mol. The summed E-state index contributed by atoms with van der Waals surface area (Å²) in [4.78, 5) is 0. The fraction of sp³-hybridized carbons (Fsp3) is 0.333. The third-order valence-corrected chi connectivity index (χ3v) is 4.30. The molecule has 0 aromatic heterocycles. The Morgan fingerprint density at radius 2 is 1.75 bits per heavy atom. The van der Waals surface area contributed by atoms with Crippen molar-refractivity contribution in [1.29, 1.82) is 0 Å². The van der Waals surface area contributed by atoms with Crippen LogP contribution in [0.15, 0.2) is 48.5 Å². The molecule has 0 aliphatic heterocycles. The molecule has 1 aliphatic rings. The molecular formula is C18H21NO. The summed E-state index contributed by atoms with van der Waals surface area (Å²) in [7, 11) is 0. The topological polar surface area (TPSA) is 32.3 Å². The van der Waals surface area contributed by atoms with Gasteiger partial charge >= 0.3 is 0 Å². The van der Waals surface area contributed by atoms with Crippen molar-refractivity contribution >= 4 is 0 Å². The lowest BCUT2D eigenvalue weighted by Gasteiger charge is -2.19. The van der Waals surface area contributed by atoms with Gasteiger partial charge in [0.15, 0.2) is 0 Å². The van der Waals surface area contributed by atoms with Gasteiger partial charge in [-0.05, 0) is 34.6 Å². The normalized spacial score (nSPS) is 20.9. The van der Waals surface area contributed by atoms with Crippen molar-refractivity contribution < 1.29 is 5.11 Å². The molecule has 104 valence electrons. The predicted octanol–water partition coefficient (Wildman–Crippen LogP) is 3.20. The fourth-order valence-electron chi connectivity index (χ4n) is 3.21. The van der Waals surface area contributed by atoms with E-state index in [1.165, 1.54) is 16.7 Å². The second kappa shape index (κ2) is 5.78. The van der Waals surface area contributed by atoms with Gasteiger partial charge in [0, 0.05) is 12.6 Å². The van der Waals surface area contributed by atoms with E-state index < -0.39 is 0 Å². The molecule has 2 aromatic rings. The van der Waals surface area contributed by atoms with E-state index in [1.807, 2.05) is 18.2 Å². The third kappa shape index (κ3) is 2.49. The Morgan fingerprint density at radius 1 is 1.05 bits per heavy atom. The minimum absolute atomic E-state index is 0.106. The number of aliphatic hydroxyl groups is 1. The Balaban J connectivity index is 1.76. The molecule has 3 rings (SSSR count). The summed E-state index contributed by atoms with van der Waals surface area (Å²) >= 11 is 0. The molecule has 0 spiro atoms. The van der Waals surface area contributed by atoms with Crippen molar-refractivity contribution in [3.05, 3.63) is 70.8 Å². The van der Waals surface area contributed by atoms with Crippen LogP contribution < -0.4 is 5.32 Å². The Labute approximate surface area is 120 Å². The van der Waals surface area contributed by atoms with Crippen molar-refractivity contribution in [2.75, 3.05) is 0 Å². The molecule has 0 bridgehead atoms. The van der Waals surface area contributed by atoms with Gasteiger partial charge in [-0.1, -0.05) is 55.5 Å². The molecule has 2 heteroatoms. The van der Waals surface area contributed by atoms with E-state index in [4.69, 9.17) is 0 Å². The van der Waals surface area contributed by atoms with Gasteiger partial charge in [-0.25, -0.2) is 0 Å². The van der Waals surface area contributed by atoms with Gasteiger partial charge in [0.25, 0.3) is 0 Å². The highest BCUT2D eigenvalue weighted by atomic mass is 16.3. The largest absolute Gasteiger partial charge is 0.392 e. The first-order chi connectivity index (χ1) is 9.79. The van der Waals surface area contributed by atoms with Crippen molar-refractivity contribution in [2.45, 2.75) is 32.5 Å². The van der Waals surface area contributed by atoms with Crippen LogP contribution in [-0.2, 0) is 19.6 Å². The van der Waals surface area contributed by atoms with Crippen LogP contribution in [0, 0.1) is 5.92 Å². The second-order valence-corrected chi connectivity index (χ2v) is 5.67. The molecule has 2 atom stereocenters. The quantitative estimate of drug-likeness (QED) is 0.891.